The molecule has 3 saturated heterocycles. The molecule has 2 N–H and O–H groups in total. The largest absolute Gasteiger partial charge is 0.370 e. The van der Waals surface area contributed by atoms with Gasteiger partial charge in [-0.1, -0.05) is 12.8 Å². The van der Waals surface area contributed by atoms with E-state index < -0.39 is 29.7 Å². The number of amides is 5. The molecule has 3 aromatic heterocycles. The van der Waals surface area contributed by atoms with Crippen molar-refractivity contribution in [3.8, 4) is 0 Å². The number of nitrogens with one attached hydrogen (secondary N) is 2. The zero-order valence-corrected chi connectivity index (χ0v) is 34.9. The number of hydrogen-bond acceptors (Lipinski definition) is 12. The zero-order chi connectivity index (χ0) is 40.9. The number of piperidine rings is 2. The lowest BCUT2D eigenvalue weighted by atomic mass is 10.0. The average Bonchev–Trinajstić information content (AvgIpc) is 3.95. The van der Waals surface area contributed by atoms with Crippen LogP contribution in [0.4, 0.5) is 17.5 Å². The van der Waals surface area contributed by atoms with Gasteiger partial charge in [0, 0.05) is 94.5 Å². The monoisotopic (exact) mass is 865 g/mol. The third kappa shape index (κ3) is 7.59. The Labute approximate surface area is 350 Å². The predicted octanol–water partition coefficient (Wildman–Crippen LogP) is 4.34. The first kappa shape index (κ1) is 39.2. The maximum absolute atomic E-state index is 13.4. The van der Waals surface area contributed by atoms with Gasteiger partial charge in [-0.2, -0.15) is 4.98 Å². The molecule has 0 bridgehead atoms. The summed E-state index contributed by atoms with van der Waals surface area (Å²) in [5.41, 5.74) is 3.99. The Hall–Kier alpha value is -5.26. The molecule has 1 aliphatic carbocycles. The summed E-state index contributed by atoms with van der Waals surface area (Å²) in [6.07, 6.45) is 10.4. The van der Waals surface area contributed by atoms with Crippen molar-refractivity contribution in [3.05, 3.63) is 69.6 Å². The first-order chi connectivity index (χ1) is 28.5. The Morgan fingerprint density at radius 3 is 2.34 bits per heavy atom. The molecule has 0 radical (unpaired) electrons. The van der Waals surface area contributed by atoms with E-state index in [1.165, 1.54) is 0 Å². The molecule has 308 valence electrons. The van der Waals surface area contributed by atoms with Gasteiger partial charge in [0.2, 0.25) is 17.8 Å². The van der Waals surface area contributed by atoms with Gasteiger partial charge in [-0.05, 0) is 83.9 Å². The molecule has 16 nitrogen and oxygen atoms in total. The summed E-state index contributed by atoms with van der Waals surface area (Å²) >= 11 is 3.53. The van der Waals surface area contributed by atoms with E-state index in [1.807, 2.05) is 24.4 Å². The van der Waals surface area contributed by atoms with Crippen LogP contribution in [-0.4, -0.2) is 134 Å². The fourth-order valence-corrected chi connectivity index (χ4v) is 10.2. The first-order valence-electron chi connectivity index (χ1n) is 20.6. The molecule has 4 fully saturated rings. The van der Waals surface area contributed by atoms with Gasteiger partial charge < -0.3 is 19.7 Å². The van der Waals surface area contributed by atoms with Crippen LogP contribution in [0.25, 0.3) is 11.0 Å². The van der Waals surface area contributed by atoms with E-state index >= 15 is 0 Å². The second kappa shape index (κ2) is 16.1. The Morgan fingerprint density at radius 1 is 0.881 bits per heavy atom. The Kier molecular flexibility index (Phi) is 10.7. The SMILES string of the molecule is CN(C)C(=O)c1cc2cnc(Nc3ccc(N4CCC(N5CCN(Cc6cc(Br)c7c(c6)C(=O)N(C6CCC(=O)NC6=O)C7=O)CC5)CC4)cn3)nc2n1C1CCCC1. The number of pyridine rings is 1. The van der Waals surface area contributed by atoms with Gasteiger partial charge in [0.15, 0.2) is 0 Å². The van der Waals surface area contributed by atoms with Crippen LogP contribution in [0, 0.1) is 0 Å². The third-order valence-electron chi connectivity index (χ3n) is 12.6. The summed E-state index contributed by atoms with van der Waals surface area (Å²) in [6, 6.07) is 9.40. The van der Waals surface area contributed by atoms with Gasteiger partial charge in [-0.25, -0.2) is 9.97 Å². The third-order valence-corrected chi connectivity index (χ3v) is 13.2. The number of nitrogens with zero attached hydrogens (tertiary/aromatic N) is 9. The van der Waals surface area contributed by atoms with E-state index in [1.54, 1.807) is 31.3 Å². The van der Waals surface area contributed by atoms with E-state index in [2.05, 4.69) is 56.9 Å². The van der Waals surface area contributed by atoms with Gasteiger partial charge >= 0.3 is 0 Å². The smallest absolute Gasteiger partial charge is 0.270 e. The standard InChI is InChI=1S/C42H48BrN11O5/c1-49(2)40(58)33-21-26-22-45-42(48-37(26)53(33)28-5-3-4-6-28)46-34-9-7-29(23-44-34)51-13-11-27(12-14-51)52-17-15-50(16-18-52)24-25-19-30-36(31(43)20-25)41(59)54(39(30)57)32-8-10-35(55)47-38(32)56/h7,9,19-23,27-28,32H,3-6,8,10-18,24H2,1-2H3,(H,47,55,56)(H,44,45,46,48). The maximum atomic E-state index is 13.4. The van der Waals surface area contributed by atoms with Crippen molar-refractivity contribution in [1.29, 1.82) is 0 Å². The lowest BCUT2D eigenvalue weighted by Crippen LogP contribution is -2.54. The van der Waals surface area contributed by atoms with Gasteiger partial charge in [-0.15, -0.1) is 0 Å². The number of halogens is 1. The molecule has 1 atom stereocenters. The molecule has 4 aliphatic heterocycles. The molecule has 7 heterocycles. The molecule has 59 heavy (non-hydrogen) atoms. The highest BCUT2D eigenvalue weighted by Crippen LogP contribution is 2.36. The molecule has 17 heteroatoms. The highest BCUT2D eigenvalue weighted by molar-refractivity contribution is 9.10. The minimum absolute atomic E-state index is 0.0325. The molecular weight excluding hydrogens is 818 g/mol. The van der Waals surface area contributed by atoms with Crippen LogP contribution in [0.15, 0.2) is 47.2 Å². The molecule has 9 rings (SSSR count). The van der Waals surface area contributed by atoms with Gasteiger partial charge in [0.05, 0.1) is 23.0 Å². The summed E-state index contributed by atoms with van der Waals surface area (Å²) in [6.45, 7) is 6.21. The number of anilines is 3. The van der Waals surface area contributed by atoms with Crippen LogP contribution >= 0.6 is 15.9 Å². The van der Waals surface area contributed by atoms with E-state index in [0.29, 0.717) is 40.1 Å². The van der Waals surface area contributed by atoms with E-state index in [4.69, 9.17) is 9.97 Å². The van der Waals surface area contributed by atoms with Crippen molar-refractivity contribution in [2.24, 2.45) is 0 Å². The van der Waals surface area contributed by atoms with Gasteiger partial charge in [0.25, 0.3) is 17.7 Å². The number of fused-ring (bicyclic) bond motifs is 2. The Morgan fingerprint density at radius 2 is 1.64 bits per heavy atom. The van der Waals surface area contributed by atoms with Gasteiger partial charge in [-0.3, -0.25) is 44.0 Å². The van der Waals surface area contributed by atoms with Crippen LogP contribution in [0.1, 0.15) is 94.2 Å². The Balaban J connectivity index is 0.772. The number of benzene rings is 1. The van der Waals surface area contributed by atoms with Crippen molar-refractivity contribution >= 4 is 74.0 Å². The normalized spacial score (nSPS) is 21.1. The number of hydrogen-bond donors (Lipinski definition) is 2. The van der Waals surface area contributed by atoms with Crippen LogP contribution in [0.5, 0.6) is 0 Å². The molecular formula is C42H48BrN11O5. The highest BCUT2D eigenvalue weighted by atomic mass is 79.9. The number of aromatic nitrogens is 4. The lowest BCUT2D eigenvalue weighted by Gasteiger charge is -2.43. The van der Waals surface area contributed by atoms with Crippen molar-refractivity contribution in [1.82, 2.24) is 44.4 Å². The summed E-state index contributed by atoms with van der Waals surface area (Å²) < 4.78 is 2.65. The number of carbonyl (C=O) groups is 5. The minimum Gasteiger partial charge on any atom is -0.370 e. The summed E-state index contributed by atoms with van der Waals surface area (Å²) in [7, 11) is 3.55. The summed E-state index contributed by atoms with van der Waals surface area (Å²) in [5, 5.41) is 6.38. The molecule has 1 unspecified atom stereocenters. The number of imide groups is 2. The van der Waals surface area contributed by atoms with Crippen molar-refractivity contribution in [3.63, 3.8) is 0 Å². The number of carbonyl (C=O) groups excluding carboxylic acids is 5. The van der Waals surface area contributed by atoms with Crippen LogP contribution < -0.4 is 15.5 Å². The fourth-order valence-electron chi connectivity index (χ4n) is 9.48. The summed E-state index contributed by atoms with van der Waals surface area (Å²) in [4.78, 5) is 88.1. The van der Waals surface area contributed by atoms with Crippen molar-refractivity contribution in [2.75, 3.05) is 63.6 Å². The topological polar surface area (TPSA) is 169 Å². The van der Waals surface area contributed by atoms with Crippen molar-refractivity contribution in [2.45, 2.75) is 76.0 Å². The van der Waals surface area contributed by atoms with E-state index in [9.17, 15) is 24.0 Å². The molecule has 1 saturated carbocycles. The molecule has 5 aliphatic rings. The van der Waals surface area contributed by atoms with Crippen LogP contribution in [0.2, 0.25) is 0 Å². The molecule has 1 aromatic carbocycles. The predicted molar refractivity (Wildman–Crippen MR) is 223 cm³/mol. The van der Waals surface area contributed by atoms with Crippen LogP contribution in [0.3, 0.4) is 0 Å². The molecule has 0 spiro atoms. The second-order valence-electron chi connectivity index (χ2n) is 16.5. The van der Waals surface area contributed by atoms with E-state index in [0.717, 1.165) is 105 Å². The zero-order valence-electron chi connectivity index (χ0n) is 33.3. The first-order valence-corrected chi connectivity index (χ1v) is 21.4. The number of piperazine rings is 1. The van der Waals surface area contributed by atoms with Crippen LogP contribution in [-0.2, 0) is 16.1 Å². The van der Waals surface area contributed by atoms with E-state index in [-0.39, 0.29) is 30.4 Å². The average molecular weight is 867 g/mol. The maximum Gasteiger partial charge on any atom is 0.270 e. The quantitative estimate of drug-likeness (QED) is 0.229. The molecule has 5 amide bonds. The van der Waals surface area contributed by atoms with Gasteiger partial charge in [0.1, 0.15) is 23.2 Å². The number of rotatable bonds is 9. The summed E-state index contributed by atoms with van der Waals surface area (Å²) in [5.74, 6) is -0.941. The molecule has 4 aromatic rings. The lowest BCUT2D eigenvalue weighted by molar-refractivity contribution is -0.136. The highest BCUT2D eigenvalue weighted by Gasteiger charge is 2.46. The minimum atomic E-state index is -0.990. The fraction of sp³-hybridized carbons (Fsp3) is 0.476. The second-order valence-corrected chi connectivity index (χ2v) is 17.4. The van der Waals surface area contributed by atoms with Crippen molar-refractivity contribution < 1.29 is 24.0 Å². The Bertz CT molecular complexity index is 2330.